The summed E-state index contributed by atoms with van der Waals surface area (Å²) in [6.07, 6.45) is 13.8. The zero-order valence-electron chi connectivity index (χ0n) is 12.8. The van der Waals surface area contributed by atoms with E-state index in [0.717, 1.165) is 26.1 Å². The molecule has 0 bridgehead atoms. The lowest BCUT2D eigenvalue weighted by Gasteiger charge is -2.50. The number of nitrogens with one attached hydrogen (secondary N) is 1. The standard InChI is InChI=1S/C17H30N2O/c20-16(13-15-7-3-1-4-8-15)19-12-11-18-14-17(19)9-5-2-6-10-17/h15,18H,1-14H2. The Kier molecular flexibility index (Phi) is 4.65. The number of piperazine rings is 1. The van der Waals surface area contributed by atoms with Crippen LogP contribution in [-0.4, -0.2) is 36.0 Å². The third kappa shape index (κ3) is 3.03. The molecular formula is C17H30N2O. The van der Waals surface area contributed by atoms with Gasteiger partial charge in [-0.2, -0.15) is 0 Å². The van der Waals surface area contributed by atoms with Crippen LogP contribution in [0.2, 0.25) is 0 Å². The largest absolute Gasteiger partial charge is 0.334 e. The molecule has 20 heavy (non-hydrogen) atoms. The monoisotopic (exact) mass is 278 g/mol. The minimum atomic E-state index is 0.169. The molecule has 1 aliphatic heterocycles. The lowest BCUT2D eigenvalue weighted by molar-refractivity contribution is -0.142. The van der Waals surface area contributed by atoms with Gasteiger partial charge in [-0.1, -0.05) is 38.5 Å². The highest BCUT2D eigenvalue weighted by molar-refractivity contribution is 5.77. The normalized spacial score (nSPS) is 27.7. The average Bonchev–Trinajstić information content (AvgIpc) is 2.49. The van der Waals surface area contributed by atoms with Crippen LogP contribution < -0.4 is 5.32 Å². The smallest absolute Gasteiger partial charge is 0.223 e. The topological polar surface area (TPSA) is 32.3 Å². The van der Waals surface area contributed by atoms with Crippen molar-refractivity contribution in [3.63, 3.8) is 0 Å². The van der Waals surface area contributed by atoms with Crippen molar-refractivity contribution < 1.29 is 4.79 Å². The molecule has 3 rings (SSSR count). The van der Waals surface area contributed by atoms with Gasteiger partial charge in [-0.3, -0.25) is 4.79 Å². The number of carbonyl (C=O) groups excluding carboxylic acids is 1. The van der Waals surface area contributed by atoms with Gasteiger partial charge in [0.1, 0.15) is 0 Å². The van der Waals surface area contributed by atoms with Gasteiger partial charge in [0.25, 0.3) is 0 Å². The lowest BCUT2D eigenvalue weighted by Crippen LogP contribution is -2.63. The summed E-state index contributed by atoms with van der Waals surface area (Å²) in [7, 11) is 0. The van der Waals surface area contributed by atoms with Crippen molar-refractivity contribution in [1.29, 1.82) is 0 Å². The quantitative estimate of drug-likeness (QED) is 0.842. The molecule has 3 heteroatoms. The zero-order valence-corrected chi connectivity index (χ0v) is 12.8. The number of hydrogen-bond acceptors (Lipinski definition) is 2. The van der Waals surface area contributed by atoms with Gasteiger partial charge >= 0.3 is 0 Å². The first-order valence-corrected chi connectivity index (χ1v) is 8.81. The number of nitrogens with zero attached hydrogens (tertiary/aromatic N) is 1. The molecule has 114 valence electrons. The van der Waals surface area contributed by atoms with Gasteiger partial charge in [0.2, 0.25) is 5.91 Å². The van der Waals surface area contributed by atoms with Crippen LogP contribution >= 0.6 is 0 Å². The summed E-state index contributed by atoms with van der Waals surface area (Å²) in [5.41, 5.74) is 0.169. The van der Waals surface area contributed by atoms with Crippen LogP contribution in [0.15, 0.2) is 0 Å². The number of rotatable bonds is 2. The maximum absolute atomic E-state index is 12.8. The summed E-state index contributed by atoms with van der Waals surface area (Å²) in [5, 5.41) is 3.54. The van der Waals surface area contributed by atoms with Gasteiger partial charge in [0, 0.05) is 26.1 Å². The summed E-state index contributed by atoms with van der Waals surface area (Å²) in [5.74, 6) is 1.13. The summed E-state index contributed by atoms with van der Waals surface area (Å²) in [6.45, 7) is 2.95. The first-order valence-electron chi connectivity index (χ1n) is 8.81. The highest BCUT2D eigenvalue weighted by atomic mass is 16.2. The van der Waals surface area contributed by atoms with E-state index in [-0.39, 0.29) is 5.54 Å². The van der Waals surface area contributed by atoms with Crippen molar-refractivity contribution in [1.82, 2.24) is 10.2 Å². The van der Waals surface area contributed by atoms with Crippen LogP contribution in [0.5, 0.6) is 0 Å². The Balaban J connectivity index is 1.64. The zero-order chi connectivity index (χ0) is 13.8. The van der Waals surface area contributed by atoms with E-state index < -0.39 is 0 Å². The number of amides is 1. The Morgan fingerprint density at radius 2 is 1.75 bits per heavy atom. The van der Waals surface area contributed by atoms with Crippen molar-refractivity contribution in [3.05, 3.63) is 0 Å². The Hall–Kier alpha value is -0.570. The number of hydrogen-bond donors (Lipinski definition) is 1. The third-order valence-corrected chi connectivity index (χ3v) is 5.81. The van der Waals surface area contributed by atoms with Crippen LogP contribution in [0.3, 0.4) is 0 Å². The second-order valence-electron chi connectivity index (χ2n) is 7.22. The molecule has 0 aromatic rings. The molecule has 0 atom stereocenters. The fraction of sp³-hybridized carbons (Fsp3) is 0.941. The molecule has 1 saturated heterocycles. The molecule has 3 aliphatic rings. The van der Waals surface area contributed by atoms with Crippen molar-refractivity contribution >= 4 is 5.91 Å². The molecule has 1 spiro atoms. The van der Waals surface area contributed by atoms with E-state index in [1.165, 1.54) is 64.2 Å². The van der Waals surface area contributed by atoms with Gasteiger partial charge in [0.05, 0.1) is 5.54 Å². The molecule has 1 heterocycles. The predicted octanol–water partition coefficient (Wildman–Crippen LogP) is 3.09. The maximum Gasteiger partial charge on any atom is 0.223 e. The van der Waals surface area contributed by atoms with Crippen LogP contribution in [0, 0.1) is 5.92 Å². The van der Waals surface area contributed by atoms with Gasteiger partial charge in [-0.25, -0.2) is 0 Å². The van der Waals surface area contributed by atoms with Gasteiger partial charge in [0.15, 0.2) is 0 Å². The van der Waals surface area contributed by atoms with Gasteiger partial charge in [-0.15, -0.1) is 0 Å². The molecule has 0 unspecified atom stereocenters. The molecule has 0 aromatic carbocycles. The highest BCUT2D eigenvalue weighted by Gasteiger charge is 2.42. The van der Waals surface area contributed by atoms with Crippen molar-refractivity contribution in [2.24, 2.45) is 5.92 Å². The fourth-order valence-electron chi connectivity index (χ4n) is 4.64. The second kappa shape index (κ2) is 6.46. The van der Waals surface area contributed by atoms with E-state index in [9.17, 15) is 4.79 Å². The average molecular weight is 278 g/mol. The van der Waals surface area contributed by atoms with Crippen LogP contribution in [-0.2, 0) is 4.79 Å². The Morgan fingerprint density at radius 1 is 1.05 bits per heavy atom. The summed E-state index contributed by atoms with van der Waals surface area (Å²) in [4.78, 5) is 15.1. The van der Waals surface area contributed by atoms with Crippen molar-refractivity contribution in [2.45, 2.75) is 76.2 Å². The maximum atomic E-state index is 12.8. The van der Waals surface area contributed by atoms with E-state index in [4.69, 9.17) is 0 Å². The van der Waals surface area contributed by atoms with Crippen LogP contribution in [0.1, 0.15) is 70.6 Å². The van der Waals surface area contributed by atoms with E-state index in [2.05, 4.69) is 10.2 Å². The van der Waals surface area contributed by atoms with E-state index in [1.807, 2.05) is 0 Å². The van der Waals surface area contributed by atoms with Crippen molar-refractivity contribution in [3.8, 4) is 0 Å². The Morgan fingerprint density at radius 3 is 2.50 bits per heavy atom. The molecule has 0 aromatic heterocycles. The summed E-state index contributed by atoms with van der Waals surface area (Å²) >= 11 is 0. The first-order chi connectivity index (χ1) is 9.80. The number of carbonyl (C=O) groups is 1. The van der Waals surface area contributed by atoms with Gasteiger partial charge in [-0.05, 0) is 31.6 Å². The minimum Gasteiger partial charge on any atom is -0.334 e. The Bertz CT molecular complexity index is 322. The highest BCUT2D eigenvalue weighted by Crippen LogP contribution is 2.36. The van der Waals surface area contributed by atoms with Crippen LogP contribution in [0.4, 0.5) is 0 Å². The predicted molar refractivity (Wildman–Crippen MR) is 81.6 cm³/mol. The van der Waals surface area contributed by atoms with E-state index in [0.29, 0.717) is 11.8 Å². The minimum absolute atomic E-state index is 0.169. The lowest BCUT2D eigenvalue weighted by atomic mass is 9.78. The molecule has 1 amide bonds. The Labute approximate surface area is 123 Å². The summed E-state index contributed by atoms with van der Waals surface area (Å²) < 4.78 is 0. The van der Waals surface area contributed by atoms with Gasteiger partial charge < -0.3 is 10.2 Å². The van der Waals surface area contributed by atoms with E-state index >= 15 is 0 Å². The van der Waals surface area contributed by atoms with Crippen molar-refractivity contribution in [2.75, 3.05) is 19.6 Å². The van der Waals surface area contributed by atoms with E-state index in [1.54, 1.807) is 0 Å². The SMILES string of the molecule is O=C(CC1CCCCC1)N1CCNCC12CCCCC2. The molecule has 3 nitrogen and oxygen atoms in total. The molecule has 3 fully saturated rings. The summed E-state index contributed by atoms with van der Waals surface area (Å²) in [6, 6.07) is 0. The molecular weight excluding hydrogens is 248 g/mol. The molecule has 2 aliphatic carbocycles. The second-order valence-corrected chi connectivity index (χ2v) is 7.22. The fourth-order valence-corrected chi connectivity index (χ4v) is 4.64. The third-order valence-electron chi connectivity index (χ3n) is 5.81. The molecule has 0 radical (unpaired) electrons. The first kappa shape index (κ1) is 14.4. The molecule has 1 N–H and O–H groups in total. The van der Waals surface area contributed by atoms with Crippen LogP contribution in [0.25, 0.3) is 0 Å². The molecule has 2 saturated carbocycles.